The summed E-state index contributed by atoms with van der Waals surface area (Å²) in [6, 6.07) is -5.85. The first-order valence-electron chi connectivity index (χ1n) is 11.1. The summed E-state index contributed by atoms with van der Waals surface area (Å²) in [5.74, 6) is -8.16. The van der Waals surface area contributed by atoms with E-state index in [2.05, 4.69) is 16.0 Å². The van der Waals surface area contributed by atoms with Gasteiger partial charge in [0, 0.05) is 25.7 Å². The Labute approximate surface area is 211 Å². The first-order valence-corrected chi connectivity index (χ1v) is 11.1. The number of nitrogens with two attached hydrogens (primary N) is 4. The van der Waals surface area contributed by atoms with E-state index in [0.29, 0.717) is 0 Å². The number of hydrogen-bond acceptors (Lipinski definition) is 9. The van der Waals surface area contributed by atoms with Crippen LogP contribution in [0.2, 0.25) is 0 Å². The van der Waals surface area contributed by atoms with Crippen LogP contribution >= 0.6 is 0 Å². The number of carbonyl (C=O) groups excluding carboxylic acids is 6. The number of aliphatic carboxylic acids is 2. The van der Waals surface area contributed by atoms with E-state index in [0.717, 1.165) is 0 Å². The fourth-order valence-corrected chi connectivity index (χ4v) is 2.89. The molecule has 0 aliphatic heterocycles. The van der Waals surface area contributed by atoms with Gasteiger partial charge in [-0.15, -0.1) is 0 Å². The highest BCUT2D eigenvalue weighted by molar-refractivity contribution is 5.94. The van der Waals surface area contributed by atoms with Gasteiger partial charge in [-0.3, -0.25) is 33.6 Å². The van der Waals surface area contributed by atoms with Crippen LogP contribution in [0.25, 0.3) is 0 Å². The molecule has 0 aliphatic rings. The predicted octanol–water partition coefficient (Wildman–Crippen LogP) is -4.49. The number of primary amides is 3. The third kappa shape index (κ3) is 14.7. The van der Waals surface area contributed by atoms with Gasteiger partial charge in [-0.2, -0.15) is 0 Å². The topological polar surface area (TPSA) is 317 Å². The molecule has 0 fully saturated rings. The molecule has 17 heteroatoms. The van der Waals surface area contributed by atoms with Crippen LogP contribution in [0.4, 0.5) is 0 Å². The highest BCUT2D eigenvalue weighted by atomic mass is 16.4. The maximum absolute atomic E-state index is 12.9. The van der Waals surface area contributed by atoms with E-state index in [-0.39, 0.29) is 38.5 Å². The molecule has 0 aromatic carbocycles. The fourth-order valence-electron chi connectivity index (χ4n) is 2.89. The molecule has 0 aromatic rings. The van der Waals surface area contributed by atoms with Gasteiger partial charge in [0.2, 0.25) is 35.4 Å². The molecule has 0 heterocycles. The van der Waals surface area contributed by atoms with E-state index in [1.54, 1.807) is 0 Å². The fraction of sp³-hybridized carbons (Fsp3) is 0.600. The number of amides is 6. The van der Waals surface area contributed by atoms with Crippen molar-refractivity contribution in [3.05, 3.63) is 0 Å². The molecule has 0 bridgehead atoms. The van der Waals surface area contributed by atoms with Crippen LogP contribution in [-0.4, -0.2) is 81.8 Å². The van der Waals surface area contributed by atoms with Crippen LogP contribution in [-0.2, 0) is 38.4 Å². The Hall–Kier alpha value is -4.28. The number of carboxylic acids is 2. The molecule has 0 saturated heterocycles. The summed E-state index contributed by atoms with van der Waals surface area (Å²) in [7, 11) is 0. The lowest BCUT2D eigenvalue weighted by Gasteiger charge is -2.25. The zero-order chi connectivity index (χ0) is 28.7. The highest BCUT2D eigenvalue weighted by Crippen LogP contribution is 2.06. The van der Waals surface area contributed by atoms with Crippen LogP contribution in [0.5, 0.6) is 0 Å². The van der Waals surface area contributed by atoms with Crippen molar-refractivity contribution in [3.8, 4) is 0 Å². The zero-order valence-electron chi connectivity index (χ0n) is 19.9. The third-order valence-corrected chi connectivity index (χ3v) is 4.92. The van der Waals surface area contributed by atoms with Gasteiger partial charge < -0.3 is 49.1 Å². The zero-order valence-corrected chi connectivity index (χ0v) is 19.9. The lowest BCUT2D eigenvalue weighted by molar-refractivity contribution is -0.143. The molecular weight excluding hydrogens is 498 g/mol. The summed E-state index contributed by atoms with van der Waals surface area (Å²) in [6.45, 7) is 0. The van der Waals surface area contributed by atoms with Crippen molar-refractivity contribution < 1.29 is 48.6 Å². The summed E-state index contributed by atoms with van der Waals surface area (Å²) < 4.78 is 0. The Kier molecular flexibility index (Phi) is 14.5. The lowest BCUT2D eigenvalue weighted by atomic mass is 10.0. The van der Waals surface area contributed by atoms with Gasteiger partial charge >= 0.3 is 11.9 Å². The standard InChI is InChI=1S/C20H33N7O10/c21-9(1-5-13(22)28)17(33)25-10(2-6-14(23)29)18(34)26-11(4-8-16(31)32)19(35)27-12(20(36)37)3-7-15(24)30/h9-12H,1-8,21H2,(H2,22,28)(H2,23,29)(H2,24,30)(H,25,33)(H,26,34)(H,27,35)(H,31,32)(H,36,37). The number of carboxylic acid groups (broad SMARTS) is 2. The van der Waals surface area contributed by atoms with E-state index >= 15 is 0 Å². The minimum absolute atomic E-state index is 0.142. The molecule has 13 N–H and O–H groups in total. The molecule has 0 saturated carbocycles. The van der Waals surface area contributed by atoms with Gasteiger partial charge in [0.1, 0.15) is 18.1 Å². The molecule has 37 heavy (non-hydrogen) atoms. The Balaban J connectivity index is 5.64. The first kappa shape index (κ1) is 32.7. The van der Waals surface area contributed by atoms with Crippen molar-refractivity contribution in [1.29, 1.82) is 0 Å². The van der Waals surface area contributed by atoms with E-state index in [1.807, 2.05) is 0 Å². The molecule has 17 nitrogen and oxygen atoms in total. The molecular formula is C20H33N7O10. The van der Waals surface area contributed by atoms with Crippen LogP contribution in [0.15, 0.2) is 0 Å². The number of carbonyl (C=O) groups is 8. The summed E-state index contributed by atoms with van der Waals surface area (Å²) in [5, 5.41) is 24.8. The summed E-state index contributed by atoms with van der Waals surface area (Å²) >= 11 is 0. The third-order valence-electron chi connectivity index (χ3n) is 4.92. The molecule has 0 aromatic heterocycles. The molecule has 208 valence electrons. The normalized spacial score (nSPS) is 13.8. The number of nitrogens with one attached hydrogen (secondary N) is 3. The van der Waals surface area contributed by atoms with Gasteiger partial charge in [0.25, 0.3) is 0 Å². The molecule has 4 atom stereocenters. The monoisotopic (exact) mass is 531 g/mol. The van der Waals surface area contributed by atoms with E-state index in [9.17, 15) is 43.5 Å². The van der Waals surface area contributed by atoms with Crippen LogP contribution in [0, 0.1) is 0 Å². The predicted molar refractivity (Wildman–Crippen MR) is 124 cm³/mol. The van der Waals surface area contributed by atoms with E-state index < -0.39 is 84.4 Å². The molecule has 6 amide bonds. The molecule has 0 radical (unpaired) electrons. The number of hydrogen-bond donors (Lipinski definition) is 9. The molecule has 0 spiro atoms. The molecule has 0 aliphatic carbocycles. The van der Waals surface area contributed by atoms with Gasteiger partial charge in [0.15, 0.2) is 0 Å². The Morgan fingerprint density at radius 1 is 0.541 bits per heavy atom. The first-order chi connectivity index (χ1) is 17.1. The summed E-state index contributed by atoms with van der Waals surface area (Å²) in [4.78, 5) is 93.4. The van der Waals surface area contributed by atoms with Gasteiger partial charge in [-0.05, 0) is 25.7 Å². The SMILES string of the molecule is NC(=O)CCC(N)C(=O)NC(CCC(N)=O)C(=O)NC(CCC(=O)O)C(=O)NC(CCC(N)=O)C(=O)O. The summed E-state index contributed by atoms with van der Waals surface area (Å²) in [6.07, 6.45) is -2.86. The van der Waals surface area contributed by atoms with Crippen LogP contribution in [0.3, 0.4) is 0 Å². The average Bonchev–Trinajstić information content (AvgIpc) is 2.79. The quantitative estimate of drug-likeness (QED) is 0.0764. The van der Waals surface area contributed by atoms with Crippen LogP contribution in [0.1, 0.15) is 51.4 Å². The second kappa shape index (κ2) is 16.4. The highest BCUT2D eigenvalue weighted by Gasteiger charge is 2.31. The Bertz CT molecular complexity index is 895. The van der Waals surface area contributed by atoms with Crippen molar-refractivity contribution in [1.82, 2.24) is 16.0 Å². The largest absolute Gasteiger partial charge is 0.481 e. The molecule has 0 rings (SSSR count). The maximum Gasteiger partial charge on any atom is 0.326 e. The van der Waals surface area contributed by atoms with Gasteiger partial charge in [-0.1, -0.05) is 0 Å². The second-order valence-corrected chi connectivity index (χ2v) is 8.08. The smallest absolute Gasteiger partial charge is 0.326 e. The Morgan fingerprint density at radius 3 is 1.30 bits per heavy atom. The maximum atomic E-state index is 12.9. The van der Waals surface area contributed by atoms with Crippen molar-refractivity contribution in [2.45, 2.75) is 75.5 Å². The Morgan fingerprint density at radius 2 is 0.892 bits per heavy atom. The van der Waals surface area contributed by atoms with Gasteiger partial charge in [-0.25, -0.2) is 4.79 Å². The number of rotatable bonds is 19. The van der Waals surface area contributed by atoms with Crippen molar-refractivity contribution in [2.24, 2.45) is 22.9 Å². The summed E-state index contributed by atoms with van der Waals surface area (Å²) in [5.41, 5.74) is 20.8. The lowest BCUT2D eigenvalue weighted by Crippen LogP contribution is -2.57. The van der Waals surface area contributed by atoms with Crippen molar-refractivity contribution in [2.75, 3.05) is 0 Å². The van der Waals surface area contributed by atoms with Crippen molar-refractivity contribution in [3.63, 3.8) is 0 Å². The van der Waals surface area contributed by atoms with Crippen molar-refractivity contribution >= 4 is 47.4 Å². The van der Waals surface area contributed by atoms with Crippen LogP contribution < -0.4 is 38.9 Å². The van der Waals surface area contributed by atoms with E-state index in [4.69, 9.17) is 28.0 Å². The van der Waals surface area contributed by atoms with Gasteiger partial charge in [0.05, 0.1) is 6.04 Å². The molecule has 4 unspecified atom stereocenters. The average molecular weight is 532 g/mol. The van der Waals surface area contributed by atoms with E-state index in [1.165, 1.54) is 0 Å². The minimum Gasteiger partial charge on any atom is -0.481 e. The second-order valence-electron chi connectivity index (χ2n) is 8.08. The minimum atomic E-state index is -1.57.